The Labute approximate surface area is 353 Å². The van der Waals surface area contributed by atoms with E-state index in [9.17, 15) is 0 Å². The molecule has 0 amide bonds. The zero-order valence-corrected chi connectivity index (χ0v) is 36.4. The number of fused-ring (bicyclic) bond motifs is 2. The van der Waals surface area contributed by atoms with Gasteiger partial charge in [0, 0.05) is 17.7 Å². The Morgan fingerprint density at radius 1 is 0.508 bits per heavy atom. The topological polar surface area (TPSA) is 6.25 Å². The summed E-state index contributed by atoms with van der Waals surface area (Å²) in [6.07, 6.45) is -1.72. The number of rotatable bonds is 8. The molecule has 4 heteroatoms. The Morgan fingerprint density at radius 3 is 1.53 bits per heavy atom. The van der Waals surface area contributed by atoms with E-state index in [-0.39, 0.29) is 12.9 Å². The molecule has 0 fully saturated rings. The van der Waals surface area contributed by atoms with Gasteiger partial charge in [0.05, 0.1) is 0 Å². The van der Waals surface area contributed by atoms with Crippen LogP contribution >= 0.6 is 0 Å². The van der Waals surface area contributed by atoms with E-state index in [1.54, 1.807) is 0 Å². The normalized spacial score (nSPS) is 15.8. The van der Waals surface area contributed by atoms with Gasteiger partial charge in [0.2, 0.25) is 0 Å². The number of hydrogen-bond acceptors (Lipinski definition) is 1. The molecule has 0 saturated heterocycles. The summed E-state index contributed by atoms with van der Waals surface area (Å²) in [6.45, 7) is 22.5. The second-order valence-electron chi connectivity index (χ2n) is 17.9. The van der Waals surface area contributed by atoms with E-state index in [4.69, 9.17) is 0 Å². The molecule has 0 radical (unpaired) electrons. The maximum absolute atomic E-state index is 2.94. The molecule has 2 nitrogen and oxygen atoms in total. The van der Waals surface area contributed by atoms with Crippen LogP contribution in [0.1, 0.15) is 78.4 Å². The van der Waals surface area contributed by atoms with Gasteiger partial charge in [-0.1, -0.05) is 207 Å². The molecule has 2 aliphatic rings. The van der Waals surface area contributed by atoms with Gasteiger partial charge in [0.1, 0.15) is 18.3 Å². The number of aryl methyl sites for hydroxylation is 9. The molecule has 0 saturated carbocycles. The van der Waals surface area contributed by atoms with E-state index >= 15 is 0 Å². The van der Waals surface area contributed by atoms with Crippen molar-refractivity contribution in [1.82, 2.24) is 4.81 Å². The molecule has 1 atom stereocenters. The van der Waals surface area contributed by atoms with Crippen LogP contribution in [0.4, 0.5) is 0 Å². The van der Waals surface area contributed by atoms with Crippen molar-refractivity contribution in [3.63, 3.8) is 0 Å². The first-order valence-corrected chi connectivity index (χ1v) is 21.5. The van der Waals surface area contributed by atoms with Crippen LogP contribution < -0.4 is 27.3 Å². The van der Waals surface area contributed by atoms with Gasteiger partial charge < -0.3 is 9.30 Å². The lowest BCUT2D eigenvalue weighted by molar-refractivity contribution is -0.410. The van der Waals surface area contributed by atoms with Crippen LogP contribution in [-0.2, 0) is 13.1 Å². The van der Waals surface area contributed by atoms with Crippen LogP contribution in [-0.4, -0.2) is 28.1 Å². The van der Waals surface area contributed by atoms with Crippen molar-refractivity contribution >= 4 is 46.2 Å². The van der Waals surface area contributed by atoms with E-state index in [1.165, 1.54) is 105 Å². The van der Waals surface area contributed by atoms with Gasteiger partial charge in [0.15, 0.2) is 0 Å². The van der Waals surface area contributed by atoms with Crippen LogP contribution in [0, 0.1) is 62.3 Å². The molecule has 2 aliphatic heterocycles. The van der Waals surface area contributed by atoms with Crippen molar-refractivity contribution in [2.24, 2.45) is 0 Å². The lowest BCUT2D eigenvalue weighted by Crippen LogP contribution is -2.75. The van der Waals surface area contributed by atoms with Crippen molar-refractivity contribution in [3.05, 3.63) is 218 Å². The maximum Gasteiger partial charge on any atom is 0.357 e. The lowest BCUT2D eigenvalue weighted by Gasteiger charge is -2.42. The summed E-state index contributed by atoms with van der Waals surface area (Å²) in [5.74, 6) is 0. The Morgan fingerprint density at radius 2 is 0.966 bits per heavy atom. The van der Waals surface area contributed by atoms with Crippen molar-refractivity contribution in [2.45, 2.75) is 81.4 Å². The highest BCUT2D eigenvalue weighted by Crippen LogP contribution is 2.38. The molecule has 1 unspecified atom stereocenters. The van der Waals surface area contributed by atoms with Gasteiger partial charge in [-0.15, -0.1) is 16.4 Å². The number of hydrogen-bond donors (Lipinski definition) is 0. The molecular formula is C55H56B2N2. The average molecular weight is 767 g/mol. The Bertz CT molecular complexity index is 2660. The SMILES string of the molecule is Cc1cc(C)c(B2c3ccccc3C(C3=[N+](Cc4ccccc4)[B-](c4c(C)cc(C)cc4C)(c4c(C)cc(C)cc4C)c4ccccc43)N2Cc2ccccc2)c(C)c1. The Hall–Kier alpha value is -5.70. The van der Waals surface area contributed by atoms with Crippen molar-refractivity contribution in [2.75, 3.05) is 0 Å². The summed E-state index contributed by atoms with van der Waals surface area (Å²) in [5.41, 5.74) is 26.0. The van der Waals surface area contributed by atoms with Gasteiger partial charge in [0.25, 0.3) is 6.85 Å². The molecule has 0 aliphatic carbocycles. The zero-order chi connectivity index (χ0) is 41.2. The minimum Gasteiger partial charge on any atom is -0.437 e. The molecule has 0 bridgehead atoms. The van der Waals surface area contributed by atoms with Crippen LogP contribution in [0.2, 0.25) is 0 Å². The highest BCUT2D eigenvalue weighted by Gasteiger charge is 2.57. The first-order valence-electron chi connectivity index (χ1n) is 21.5. The standard InChI is InChI=1S/C55H56B2N2/c1-36-28-39(4)51(40(5)29-36)56-49-26-18-16-24-47(49)54(58(56)34-45-20-12-10-13-21-45)55-48-25-17-19-27-50(48)57(52-41(6)30-37(2)31-42(52)7,53-43(8)32-38(3)33-44(53)9)59(55)35-46-22-14-11-15-23-46/h10-33,54H,34-35H2,1-9H3. The van der Waals surface area contributed by atoms with Gasteiger partial charge in [-0.05, 0) is 73.4 Å². The molecule has 292 valence electrons. The van der Waals surface area contributed by atoms with E-state index in [2.05, 4.69) is 217 Å². The van der Waals surface area contributed by atoms with Crippen LogP contribution in [0.5, 0.6) is 0 Å². The molecule has 0 N–H and O–H groups in total. The monoisotopic (exact) mass is 766 g/mol. The van der Waals surface area contributed by atoms with E-state index in [0.717, 1.165) is 13.1 Å². The van der Waals surface area contributed by atoms with E-state index < -0.39 is 6.28 Å². The molecule has 0 spiro atoms. The second kappa shape index (κ2) is 15.2. The largest absolute Gasteiger partial charge is 0.437 e. The summed E-state index contributed by atoms with van der Waals surface area (Å²) in [7, 11) is 0. The Kier molecular flexibility index (Phi) is 9.97. The quantitative estimate of drug-likeness (QED) is 0.140. The lowest BCUT2D eigenvalue weighted by atomic mass is 9.22. The minimum atomic E-state index is -1.72. The third kappa shape index (κ3) is 6.35. The maximum atomic E-state index is 2.94. The fourth-order valence-electron chi connectivity index (χ4n) is 12.1. The fraction of sp³-hybridized carbons (Fsp3) is 0.218. The zero-order valence-electron chi connectivity index (χ0n) is 36.4. The predicted molar refractivity (Wildman–Crippen MR) is 254 cm³/mol. The van der Waals surface area contributed by atoms with Crippen molar-refractivity contribution in [1.29, 1.82) is 0 Å². The highest BCUT2D eigenvalue weighted by molar-refractivity contribution is 7.08. The van der Waals surface area contributed by atoms with Gasteiger partial charge in [-0.2, -0.15) is 0 Å². The fourth-order valence-corrected chi connectivity index (χ4v) is 12.1. The van der Waals surface area contributed by atoms with E-state index in [1.807, 2.05) is 0 Å². The van der Waals surface area contributed by atoms with Crippen LogP contribution in [0.3, 0.4) is 0 Å². The molecule has 9 rings (SSSR count). The second-order valence-corrected chi connectivity index (χ2v) is 17.9. The molecule has 7 aromatic carbocycles. The van der Waals surface area contributed by atoms with Crippen molar-refractivity contribution < 1.29 is 4.49 Å². The molecule has 7 aromatic rings. The first-order chi connectivity index (χ1) is 28.5. The van der Waals surface area contributed by atoms with E-state index in [0.29, 0.717) is 0 Å². The summed E-state index contributed by atoms with van der Waals surface area (Å²) >= 11 is 0. The van der Waals surface area contributed by atoms with Gasteiger partial charge in [-0.25, -0.2) is 0 Å². The Balaban J connectivity index is 1.47. The summed E-state index contributed by atoms with van der Waals surface area (Å²) in [5, 5.41) is 0. The summed E-state index contributed by atoms with van der Waals surface area (Å²) in [6, 6.07) is 55.7. The number of benzene rings is 7. The smallest absolute Gasteiger partial charge is 0.357 e. The molecular weight excluding hydrogens is 710 g/mol. The summed E-state index contributed by atoms with van der Waals surface area (Å²) in [4.78, 5) is 2.85. The molecule has 2 heterocycles. The van der Waals surface area contributed by atoms with Crippen LogP contribution in [0.15, 0.2) is 146 Å². The molecule has 0 aromatic heterocycles. The minimum absolute atomic E-state index is 0.0257. The van der Waals surface area contributed by atoms with Crippen molar-refractivity contribution in [3.8, 4) is 0 Å². The molecule has 59 heavy (non-hydrogen) atoms. The average Bonchev–Trinajstić information content (AvgIpc) is 3.63. The van der Waals surface area contributed by atoms with Gasteiger partial charge >= 0.3 is 6.28 Å². The predicted octanol–water partition coefficient (Wildman–Crippen LogP) is 8.81. The van der Waals surface area contributed by atoms with Crippen LogP contribution in [0.25, 0.3) is 0 Å². The highest BCUT2D eigenvalue weighted by atomic mass is 15.2. The third-order valence-electron chi connectivity index (χ3n) is 13.7. The first kappa shape index (κ1) is 38.8. The summed E-state index contributed by atoms with van der Waals surface area (Å²) < 4.78 is 2.94. The van der Waals surface area contributed by atoms with Gasteiger partial charge in [-0.3, -0.25) is 0 Å². The third-order valence-corrected chi connectivity index (χ3v) is 13.7. The number of nitrogens with zero attached hydrogens (tertiary/aromatic N) is 2.